The molecule has 1 aliphatic carbocycles. The molecule has 0 aromatic rings. The second-order valence-electron chi connectivity index (χ2n) is 5.21. The third kappa shape index (κ3) is 2.26. The fourth-order valence-corrected chi connectivity index (χ4v) is 2.76. The second-order valence-corrected chi connectivity index (χ2v) is 5.21. The van der Waals surface area contributed by atoms with Gasteiger partial charge in [0.25, 0.3) is 0 Å². The minimum Gasteiger partial charge on any atom is -0.302 e. The second kappa shape index (κ2) is 4.53. The summed E-state index contributed by atoms with van der Waals surface area (Å²) < 4.78 is 0. The Morgan fingerprint density at radius 2 is 2.00 bits per heavy atom. The molecule has 2 fully saturated rings. The Bertz CT molecular complexity index is 303. The standard InChI is InChI=1S/C12H20N2O2/c1-7-4-3-5-9(8(7)2)13-10-6-11(15)14-12(10)16/h7-10,13H,3-6H2,1-2H3,(H,14,15,16). The summed E-state index contributed by atoms with van der Waals surface area (Å²) in [7, 11) is 0. The third-order valence-electron chi connectivity index (χ3n) is 4.09. The van der Waals surface area contributed by atoms with Gasteiger partial charge in [-0.2, -0.15) is 0 Å². The molecule has 4 unspecified atom stereocenters. The first-order chi connectivity index (χ1) is 7.58. The van der Waals surface area contributed by atoms with Crippen molar-refractivity contribution < 1.29 is 9.59 Å². The maximum atomic E-state index is 11.5. The lowest BCUT2D eigenvalue weighted by molar-refractivity contribution is -0.125. The number of imide groups is 1. The summed E-state index contributed by atoms with van der Waals surface area (Å²) in [6.07, 6.45) is 3.90. The Labute approximate surface area is 96.2 Å². The first-order valence-corrected chi connectivity index (χ1v) is 6.17. The number of carbonyl (C=O) groups is 2. The Hall–Kier alpha value is -0.900. The highest BCUT2D eigenvalue weighted by molar-refractivity contribution is 6.05. The van der Waals surface area contributed by atoms with E-state index < -0.39 is 0 Å². The molecule has 0 radical (unpaired) electrons. The first kappa shape index (κ1) is 11.6. The highest BCUT2D eigenvalue weighted by atomic mass is 16.2. The van der Waals surface area contributed by atoms with Crippen LogP contribution in [0.3, 0.4) is 0 Å². The maximum absolute atomic E-state index is 11.5. The van der Waals surface area contributed by atoms with Gasteiger partial charge in [-0.25, -0.2) is 0 Å². The van der Waals surface area contributed by atoms with Crippen molar-refractivity contribution in [1.82, 2.24) is 10.6 Å². The van der Waals surface area contributed by atoms with E-state index >= 15 is 0 Å². The van der Waals surface area contributed by atoms with E-state index in [2.05, 4.69) is 24.5 Å². The van der Waals surface area contributed by atoms with E-state index in [9.17, 15) is 9.59 Å². The molecule has 2 rings (SSSR count). The molecule has 4 heteroatoms. The number of hydrogen-bond acceptors (Lipinski definition) is 3. The van der Waals surface area contributed by atoms with Gasteiger partial charge in [0.05, 0.1) is 12.5 Å². The molecule has 1 heterocycles. The highest BCUT2D eigenvalue weighted by Crippen LogP contribution is 2.30. The van der Waals surface area contributed by atoms with E-state index in [4.69, 9.17) is 0 Å². The van der Waals surface area contributed by atoms with Gasteiger partial charge in [-0.05, 0) is 18.3 Å². The number of carbonyl (C=O) groups excluding carboxylic acids is 2. The van der Waals surface area contributed by atoms with Crippen molar-refractivity contribution in [2.75, 3.05) is 0 Å². The topological polar surface area (TPSA) is 58.2 Å². The van der Waals surface area contributed by atoms with Gasteiger partial charge in [0.1, 0.15) is 0 Å². The molecule has 2 aliphatic rings. The van der Waals surface area contributed by atoms with Crippen LogP contribution in [-0.2, 0) is 9.59 Å². The zero-order chi connectivity index (χ0) is 11.7. The van der Waals surface area contributed by atoms with Crippen LogP contribution >= 0.6 is 0 Å². The Balaban J connectivity index is 1.93. The summed E-state index contributed by atoms with van der Waals surface area (Å²) in [5.74, 6) is 0.970. The molecule has 4 nitrogen and oxygen atoms in total. The van der Waals surface area contributed by atoms with E-state index in [0.717, 1.165) is 6.42 Å². The smallest absolute Gasteiger partial charge is 0.244 e. The van der Waals surface area contributed by atoms with E-state index in [1.807, 2.05) is 0 Å². The van der Waals surface area contributed by atoms with Crippen LogP contribution in [0.2, 0.25) is 0 Å². The summed E-state index contributed by atoms with van der Waals surface area (Å²) >= 11 is 0. The monoisotopic (exact) mass is 224 g/mol. The van der Waals surface area contributed by atoms with Crippen LogP contribution in [0, 0.1) is 11.8 Å². The minimum atomic E-state index is -0.301. The number of nitrogens with one attached hydrogen (secondary N) is 2. The molecule has 16 heavy (non-hydrogen) atoms. The molecular formula is C12H20N2O2. The molecule has 1 aliphatic heterocycles. The van der Waals surface area contributed by atoms with Crippen LogP contribution in [0.1, 0.15) is 39.5 Å². The van der Waals surface area contributed by atoms with Crippen molar-refractivity contribution in [3.05, 3.63) is 0 Å². The van der Waals surface area contributed by atoms with E-state index in [0.29, 0.717) is 24.3 Å². The van der Waals surface area contributed by atoms with Gasteiger partial charge in [0.2, 0.25) is 11.8 Å². The molecule has 1 saturated heterocycles. The van der Waals surface area contributed by atoms with Gasteiger partial charge in [-0.15, -0.1) is 0 Å². The third-order valence-corrected chi connectivity index (χ3v) is 4.09. The van der Waals surface area contributed by atoms with E-state index in [1.54, 1.807) is 0 Å². The quantitative estimate of drug-likeness (QED) is 0.683. The first-order valence-electron chi connectivity index (χ1n) is 6.17. The number of hydrogen-bond donors (Lipinski definition) is 2. The number of rotatable bonds is 2. The fraction of sp³-hybridized carbons (Fsp3) is 0.833. The molecule has 1 saturated carbocycles. The van der Waals surface area contributed by atoms with Gasteiger partial charge < -0.3 is 5.32 Å². The summed E-state index contributed by atoms with van der Waals surface area (Å²) in [5, 5.41) is 5.69. The maximum Gasteiger partial charge on any atom is 0.244 e. The zero-order valence-corrected chi connectivity index (χ0v) is 9.95. The molecule has 2 amide bonds. The van der Waals surface area contributed by atoms with Crippen molar-refractivity contribution >= 4 is 11.8 Å². The lowest BCUT2D eigenvalue weighted by atomic mass is 9.78. The predicted molar refractivity (Wildman–Crippen MR) is 60.7 cm³/mol. The van der Waals surface area contributed by atoms with Gasteiger partial charge in [-0.1, -0.05) is 26.7 Å². The van der Waals surface area contributed by atoms with Crippen LogP contribution < -0.4 is 10.6 Å². The highest BCUT2D eigenvalue weighted by Gasteiger charge is 2.35. The predicted octanol–water partition coefficient (Wildman–Crippen LogP) is 0.816. The normalized spacial score (nSPS) is 39.9. The lowest BCUT2D eigenvalue weighted by Crippen LogP contribution is -2.48. The van der Waals surface area contributed by atoms with Gasteiger partial charge >= 0.3 is 0 Å². The molecule has 0 aromatic heterocycles. The van der Waals surface area contributed by atoms with Crippen LogP contribution in [0.25, 0.3) is 0 Å². The lowest BCUT2D eigenvalue weighted by Gasteiger charge is -2.35. The molecule has 90 valence electrons. The van der Waals surface area contributed by atoms with E-state index in [1.165, 1.54) is 12.8 Å². The van der Waals surface area contributed by atoms with Gasteiger partial charge in [-0.3, -0.25) is 14.9 Å². The molecule has 0 spiro atoms. The minimum absolute atomic E-state index is 0.154. The van der Waals surface area contributed by atoms with Crippen molar-refractivity contribution in [1.29, 1.82) is 0 Å². The Morgan fingerprint density at radius 1 is 1.25 bits per heavy atom. The molecule has 0 aromatic carbocycles. The van der Waals surface area contributed by atoms with Crippen LogP contribution in [0.5, 0.6) is 0 Å². The summed E-state index contributed by atoms with van der Waals surface area (Å²) in [6.45, 7) is 4.49. The number of amides is 2. The van der Waals surface area contributed by atoms with Crippen LogP contribution in [0.4, 0.5) is 0 Å². The summed E-state index contributed by atoms with van der Waals surface area (Å²) in [6, 6.07) is 0.0793. The molecule has 2 N–H and O–H groups in total. The van der Waals surface area contributed by atoms with Gasteiger partial charge in [0.15, 0.2) is 0 Å². The Kier molecular flexibility index (Phi) is 3.28. The van der Waals surface area contributed by atoms with E-state index in [-0.39, 0.29) is 17.9 Å². The molecule has 0 bridgehead atoms. The molecular weight excluding hydrogens is 204 g/mol. The summed E-state index contributed by atoms with van der Waals surface area (Å²) in [4.78, 5) is 22.5. The Morgan fingerprint density at radius 3 is 2.62 bits per heavy atom. The van der Waals surface area contributed by atoms with Crippen LogP contribution in [0.15, 0.2) is 0 Å². The van der Waals surface area contributed by atoms with Crippen molar-refractivity contribution in [3.63, 3.8) is 0 Å². The fourth-order valence-electron chi connectivity index (χ4n) is 2.76. The zero-order valence-electron chi connectivity index (χ0n) is 9.95. The SMILES string of the molecule is CC1CCCC(NC2CC(=O)NC2=O)C1C. The summed E-state index contributed by atoms with van der Waals surface area (Å²) in [5.41, 5.74) is 0. The van der Waals surface area contributed by atoms with Crippen molar-refractivity contribution in [2.24, 2.45) is 11.8 Å². The largest absolute Gasteiger partial charge is 0.302 e. The van der Waals surface area contributed by atoms with Crippen molar-refractivity contribution in [3.8, 4) is 0 Å². The van der Waals surface area contributed by atoms with Crippen molar-refractivity contribution in [2.45, 2.75) is 51.6 Å². The van der Waals surface area contributed by atoms with Gasteiger partial charge in [0, 0.05) is 6.04 Å². The average Bonchev–Trinajstić information content (AvgIpc) is 2.53. The van der Waals surface area contributed by atoms with Crippen LogP contribution in [-0.4, -0.2) is 23.9 Å². The average molecular weight is 224 g/mol. The molecule has 4 atom stereocenters.